The standard InChI is InChI=1S/C33H46IN7O4S/c1-22(2)45-29-18-24(10-9-13-41-16-14-40(6)15-17-41)26(32(42)35-5)19-28(29)38-33-36-21-25(20-34)31(39-33)37-27-11-7-8-12-30(27)46(43,44)23(3)4/h7-8,11-12,18-19,21-23H,9-10,13-17,20H2,1-6H3,(H,35,42)(H2,36,37,38,39). The van der Waals surface area contributed by atoms with Crippen molar-refractivity contribution in [2.24, 2.45) is 0 Å². The molecule has 1 fully saturated rings. The van der Waals surface area contributed by atoms with Crippen molar-refractivity contribution in [3.05, 3.63) is 59.3 Å². The van der Waals surface area contributed by atoms with Crippen molar-refractivity contribution in [1.82, 2.24) is 25.1 Å². The molecule has 1 aliphatic rings. The second kappa shape index (κ2) is 16.2. The summed E-state index contributed by atoms with van der Waals surface area (Å²) < 4.78 is 33.0. The van der Waals surface area contributed by atoms with Gasteiger partial charge < -0.3 is 30.5 Å². The highest BCUT2D eigenvalue weighted by Crippen LogP contribution is 2.34. The van der Waals surface area contributed by atoms with Gasteiger partial charge in [0.2, 0.25) is 5.95 Å². The largest absolute Gasteiger partial charge is 0.489 e. The van der Waals surface area contributed by atoms with Crippen molar-refractivity contribution in [3.8, 4) is 5.75 Å². The van der Waals surface area contributed by atoms with Crippen LogP contribution in [0.5, 0.6) is 5.75 Å². The van der Waals surface area contributed by atoms with E-state index in [2.05, 4.69) is 60.4 Å². The van der Waals surface area contributed by atoms with Crippen molar-refractivity contribution in [1.29, 1.82) is 0 Å². The molecule has 1 amide bonds. The van der Waals surface area contributed by atoms with Crippen LogP contribution in [0.1, 0.15) is 55.6 Å². The number of alkyl halides is 1. The first-order valence-electron chi connectivity index (χ1n) is 15.7. The summed E-state index contributed by atoms with van der Waals surface area (Å²) in [4.78, 5) is 27.4. The van der Waals surface area contributed by atoms with Crippen molar-refractivity contribution < 1.29 is 17.9 Å². The van der Waals surface area contributed by atoms with Gasteiger partial charge in [0.15, 0.2) is 9.84 Å². The summed E-state index contributed by atoms with van der Waals surface area (Å²) >= 11 is 2.23. The Labute approximate surface area is 287 Å². The zero-order valence-corrected chi connectivity index (χ0v) is 30.5. The number of hydrogen-bond donors (Lipinski definition) is 3. The summed E-state index contributed by atoms with van der Waals surface area (Å²) in [5.41, 5.74) is 3.30. The zero-order chi connectivity index (χ0) is 33.4. The molecule has 0 unspecified atom stereocenters. The Morgan fingerprint density at radius 3 is 2.39 bits per heavy atom. The average Bonchev–Trinajstić information content (AvgIpc) is 3.02. The van der Waals surface area contributed by atoms with Crippen LogP contribution < -0.4 is 20.7 Å². The average molecular weight is 764 g/mol. The molecule has 0 aliphatic carbocycles. The number of nitrogens with one attached hydrogen (secondary N) is 3. The minimum Gasteiger partial charge on any atom is -0.489 e. The summed E-state index contributed by atoms with van der Waals surface area (Å²) in [5.74, 6) is 1.18. The number of para-hydroxylation sites is 1. The molecule has 11 nitrogen and oxygen atoms in total. The molecule has 1 aliphatic heterocycles. The number of piperazine rings is 1. The van der Waals surface area contributed by atoms with E-state index in [4.69, 9.17) is 9.72 Å². The molecule has 0 spiro atoms. The van der Waals surface area contributed by atoms with E-state index >= 15 is 0 Å². The molecule has 0 radical (unpaired) electrons. The number of ether oxygens (including phenoxy) is 1. The first kappa shape index (κ1) is 35.8. The quantitative estimate of drug-likeness (QED) is 0.145. The first-order chi connectivity index (χ1) is 21.9. The van der Waals surface area contributed by atoms with E-state index in [-0.39, 0.29) is 22.9 Å². The monoisotopic (exact) mass is 763 g/mol. The first-order valence-corrected chi connectivity index (χ1v) is 18.8. The number of carbonyl (C=O) groups is 1. The number of rotatable bonds is 14. The fourth-order valence-corrected chi connectivity index (χ4v) is 6.94. The number of aromatic nitrogens is 2. The Morgan fingerprint density at radius 2 is 1.74 bits per heavy atom. The third kappa shape index (κ3) is 9.07. The number of nitrogens with zero attached hydrogens (tertiary/aromatic N) is 4. The van der Waals surface area contributed by atoms with Gasteiger partial charge in [0, 0.05) is 55.0 Å². The Bertz CT molecular complexity index is 1610. The predicted octanol–water partition coefficient (Wildman–Crippen LogP) is 5.41. The molecule has 2 aromatic carbocycles. The van der Waals surface area contributed by atoms with Crippen LogP contribution in [0.2, 0.25) is 0 Å². The van der Waals surface area contributed by atoms with Gasteiger partial charge >= 0.3 is 0 Å². The number of hydrogen-bond acceptors (Lipinski definition) is 10. The number of sulfone groups is 1. The lowest BCUT2D eigenvalue weighted by molar-refractivity contribution is 0.0962. The summed E-state index contributed by atoms with van der Waals surface area (Å²) in [7, 11) is 0.239. The van der Waals surface area contributed by atoms with Gasteiger partial charge in [-0.25, -0.2) is 13.4 Å². The van der Waals surface area contributed by atoms with Crippen LogP contribution in [0.15, 0.2) is 47.5 Å². The van der Waals surface area contributed by atoms with Crippen molar-refractivity contribution in [2.75, 3.05) is 57.5 Å². The highest BCUT2D eigenvalue weighted by atomic mass is 127. The third-order valence-electron chi connectivity index (χ3n) is 7.88. The van der Waals surface area contributed by atoms with E-state index < -0.39 is 15.1 Å². The second-order valence-electron chi connectivity index (χ2n) is 12.0. The van der Waals surface area contributed by atoms with E-state index in [1.807, 2.05) is 19.9 Å². The minimum absolute atomic E-state index is 0.108. The fourth-order valence-electron chi connectivity index (χ4n) is 5.18. The lowest BCUT2D eigenvalue weighted by atomic mass is 10.00. The molecule has 46 heavy (non-hydrogen) atoms. The molecule has 0 atom stereocenters. The lowest BCUT2D eigenvalue weighted by Crippen LogP contribution is -2.44. The van der Waals surface area contributed by atoms with E-state index in [1.165, 1.54) is 0 Å². The molecule has 0 saturated carbocycles. The topological polar surface area (TPSA) is 129 Å². The smallest absolute Gasteiger partial charge is 0.251 e. The van der Waals surface area contributed by atoms with Crippen LogP contribution in [0, 0.1) is 0 Å². The number of halogens is 1. The molecule has 0 bridgehead atoms. The Kier molecular flexibility index (Phi) is 12.6. The maximum Gasteiger partial charge on any atom is 0.251 e. The number of amides is 1. The molecule has 1 aromatic heterocycles. The Balaban J connectivity index is 1.65. The number of likely N-dealkylation sites (N-methyl/N-ethyl adjacent to an activating group) is 1. The molecule has 2 heterocycles. The van der Waals surface area contributed by atoms with Crippen LogP contribution in [0.4, 0.5) is 23.1 Å². The molecule has 250 valence electrons. The van der Waals surface area contributed by atoms with Gasteiger partial charge in [-0.3, -0.25) is 4.79 Å². The number of anilines is 4. The van der Waals surface area contributed by atoms with Crippen LogP contribution in [0.3, 0.4) is 0 Å². The van der Waals surface area contributed by atoms with E-state index in [0.717, 1.165) is 56.7 Å². The summed E-state index contributed by atoms with van der Waals surface area (Å²) in [6.07, 6.45) is 3.26. The third-order valence-corrected chi connectivity index (χ3v) is 10.9. The van der Waals surface area contributed by atoms with Gasteiger partial charge in [0.1, 0.15) is 11.6 Å². The maximum atomic E-state index is 13.1. The van der Waals surface area contributed by atoms with Crippen molar-refractivity contribution in [2.45, 2.75) is 61.2 Å². The second-order valence-corrected chi connectivity index (χ2v) is 15.3. The van der Waals surface area contributed by atoms with E-state index in [0.29, 0.717) is 32.9 Å². The highest BCUT2D eigenvalue weighted by Gasteiger charge is 2.24. The minimum atomic E-state index is -3.54. The van der Waals surface area contributed by atoms with E-state index in [1.54, 1.807) is 57.4 Å². The van der Waals surface area contributed by atoms with E-state index in [9.17, 15) is 13.2 Å². The molecule has 1 saturated heterocycles. The van der Waals surface area contributed by atoms with Crippen molar-refractivity contribution in [3.63, 3.8) is 0 Å². The van der Waals surface area contributed by atoms with Gasteiger partial charge in [0.25, 0.3) is 5.91 Å². The van der Waals surface area contributed by atoms with Gasteiger partial charge in [-0.1, -0.05) is 34.7 Å². The summed E-state index contributed by atoms with van der Waals surface area (Å²) in [6.45, 7) is 12.5. The van der Waals surface area contributed by atoms with Crippen LogP contribution in [-0.4, -0.2) is 92.3 Å². The predicted molar refractivity (Wildman–Crippen MR) is 193 cm³/mol. The van der Waals surface area contributed by atoms with Gasteiger partial charge in [0.05, 0.1) is 27.6 Å². The summed E-state index contributed by atoms with van der Waals surface area (Å²) in [6, 6.07) is 10.6. The molecule has 3 N–H and O–H groups in total. The van der Waals surface area contributed by atoms with Gasteiger partial charge in [-0.2, -0.15) is 4.98 Å². The zero-order valence-electron chi connectivity index (χ0n) is 27.6. The van der Waals surface area contributed by atoms with Gasteiger partial charge in [-0.05, 0) is 84.0 Å². The lowest BCUT2D eigenvalue weighted by Gasteiger charge is -2.32. The molecular weight excluding hydrogens is 717 g/mol. The maximum absolute atomic E-state index is 13.1. The Morgan fingerprint density at radius 1 is 1.02 bits per heavy atom. The van der Waals surface area contributed by atoms with Crippen LogP contribution in [0.25, 0.3) is 0 Å². The highest BCUT2D eigenvalue weighted by molar-refractivity contribution is 14.1. The van der Waals surface area contributed by atoms with Crippen LogP contribution in [-0.2, 0) is 20.7 Å². The number of benzene rings is 2. The number of aryl methyl sites for hydroxylation is 1. The molecule has 3 aromatic rings. The number of carbonyl (C=O) groups excluding carboxylic acids is 1. The normalized spacial score (nSPS) is 14.5. The molecule has 13 heteroatoms. The van der Waals surface area contributed by atoms with Crippen LogP contribution >= 0.6 is 22.6 Å². The molecular formula is C33H46IN7O4S. The summed E-state index contributed by atoms with van der Waals surface area (Å²) in [5, 5.41) is 8.73. The van der Waals surface area contributed by atoms with Gasteiger partial charge in [-0.15, -0.1) is 0 Å². The SMILES string of the molecule is CNC(=O)c1cc(Nc2ncc(CI)c(Nc3ccccc3S(=O)(=O)C(C)C)n2)c(OC(C)C)cc1CCCN1CCN(C)CC1. The fraction of sp³-hybridized carbons (Fsp3) is 0.485. The van der Waals surface area contributed by atoms with Crippen molar-refractivity contribution >= 4 is 61.5 Å². The Hall–Kier alpha value is -3.01. The molecule has 4 rings (SSSR count).